The number of anilines is 1. The second kappa shape index (κ2) is 14.1. The molecule has 1 N–H and O–H groups in total. The summed E-state index contributed by atoms with van der Waals surface area (Å²) in [6.07, 6.45) is -3.30. The Balaban J connectivity index is 2.08. The van der Waals surface area contributed by atoms with Crippen LogP contribution >= 0.6 is 11.6 Å². The molecule has 2 amide bonds. The Morgan fingerprint density at radius 3 is 2.05 bits per heavy atom. The highest BCUT2D eigenvalue weighted by molar-refractivity contribution is 7.92. The molecule has 0 aliphatic carbocycles. The van der Waals surface area contributed by atoms with E-state index < -0.39 is 51.2 Å². The molecule has 226 valence electrons. The molecule has 0 unspecified atom stereocenters. The Morgan fingerprint density at radius 1 is 0.952 bits per heavy atom. The van der Waals surface area contributed by atoms with Crippen LogP contribution in [0.4, 0.5) is 18.9 Å². The van der Waals surface area contributed by atoms with Crippen molar-refractivity contribution < 1.29 is 31.2 Å². The predicted molar refractivity (Wildman–Crippen MR) is 157 cm³/mol. The summed E-state index contributed by atoms with van der Waals surface area (Å²) in [6, 6.07) is 19.2. The Labute approximate surface area is 249 Å². The maximum absolute atomic E-state index is 14.0. The number of hydrogen-bond donors (Lipinski definition) is 1. The molecule has 12 heteroatoms. The maximum atomic E-state index is 14.0. The number of alkyl halides is 3. The number of sulfonamides is 1. The van der Waals surface area contributed by atoms with E-state index in [1.165, 1.54) is 4.90 Å². The van der Waals surface area contributed by atoms with Crippen molar-refractivity contribution in [2.45, 2.75) is 51.5 Å². The fraction of sp³-hybridized carbons (Fsp3) is 0.333. The van der Waals surface area contributed by atoms with Gasteiger partial charge in [-0.3, -0.25) is 13.9 Å². The van der Waals surface area contributed by atoms with E-state index in [0.29, 0.717) is 22.4 Å². The van der Waals surface area contributed by atoms with Gasteiger partial charge >= 0.3 is 6.18 Å². The quantitative estimate of drug-likeness (QED) is 0.281. The molecule has 0 fully saturated rings. The highest BCUT2D eigenvalue weighted by Crippen LogP contribution is 2.37. The SMILES string of the molecule is CC[C@H](C)NC(=O)[C@@H](Cc1ccccc1)N(Cc1ccccc1)C(=O)CN(c1ccc(Cl)c(C(F)(F)F)c1)S(C)(=O)=O. The van der Waals surface area contributed by atoms with Crippen LogP contribution in [-0.4, -0.2) is 50.0 Å². The molecule has 0 aromatic heterocycles. The predicted octanol–water partition coefficient (Wildman–Crippen LogP) is 5.68. The van der Waals surface area contributed by atoms with Gasteiger partial charge in [0.05, 0.1) is 22.5 Å². The molecule has 3 aromatic carbocycles. The van der Waals surface area contributed by atoms with Crippen molar-refractivity contribution in [3.63, 3.8) is 0 Å². The summed E-state index contributed by atoms with van der Waals surface area (Å²) in [5.41, 5.74) is -0.179. The van der Waals surface area contributed by atoms with E-state index in [0.717, 1.165) is 24.0 Å². The first kappa shape index (κ1) is 32.9. The fourth-order valence-electron chi connectivity index (χ4n) is 4.27. The van der Waals surface area contributed by atoms with Gasteiger partial charge in [0.25, 0.3) is 0 Å². The average molecular weight is 624 g/mol. The number of hydrogen-bond acceptors (Lipinski definition) is 4. The van der Waals surface area contributed by atoms with Gasteiger partial charge in [0.2, 0.25) is 21.8 Å². The zero-order valence-corrected chi connectivity index (χ0v) is 25.0. The third-order valence-electron chi connectivity index (χ3n) is 6.69. The molecule has 0 bridgehead atoms. The van der Waals surface area contributed by atoms with Crippen molar-refractivity contribution in [2.75, 3.05) is 17.1 Å². The van der Waals surface area contributed by atoms with Gasteiger partial charge in [-0.25, -0.2) is 8.42 Å². The van der Waals surface area contributed by atoms with Crippen LogP contribution in [0.5, 0.6) is 0 Å². The lowest BCUT2D eigenvalue weighted by Crippen LogP contribution is -2.54. The van der Waals surface area contributed by atoms with Crippen LogP contribution in [0, 0.1) is 0 Å². The molecular formula is C30H33ClF3N3O4S. The summed E-state index contributed by atoms with van der Waals surface area (Å²) in [7, 11) is -4.25. The number of nitrogens with one attached hydrogen (secondary N) is 1. The maximum Gasteiger partial charge on any atom is 0.417 e. The Bertz CT molecular complexity index is 1470. The number of amides is 2. The number of carbonyl (C=O) groups is 2. The van der Waals surface area contributed by atoms with E-state index in [2.05, 4.69) is 5.32 Å². The van der Waals surface area contributed by atoms with Crippen LogP contribution in [0.2, 0.25) is 5.02 Å². The zero-order chi connectivity index (χ0) is 31.1. The van der Waals surface area contributed by atoms with Crippen molar-refractivity contribution in [1.29, 1.82) is 0 Å². The number of rotatable bonds is 12. The van der Waals surface area contributed by atoms with Crippen molar-refractivity contribution in [3.8, 4) is 0 Å². The monoisotopic (exact) mass is 623 g/mol. The van der Waals surface area contributed by atoms with Crippen LogP contribution < -0.4 is 9.62 Å². The van der Waals surface area contributed by atoms with E-state index in [1.807, 2.05) is 32.0 Å². The van der Waals surface area contributed by atoms with Gasteiger partial charge < -0.3 is 10.2 Å². The van der Waals surface area contributed by atoms with Crippen molar-refractivity contribution in [1.82, 2.24) is 10.2 Å². The van der Waals surface area contributed by atoms with Crippen LogP contribution in [0.15, 0.2) is 78.9 Å². The first-order chi connectivity index (χ1) is 19.7. The van der Waals surface area contributed by atoms with Gasteiger partial charge in [0, 0.05) is 19.0 Å². The second-order valence-corrected chi connectivity index (χ2v) is 12.3. The van der Waals surface area contributed by atoms with Crippen molar-refractivity contribution >= 4 is 39.1 Å². The van der Waals surface area contributed by atoms with Gasteiger partial charge in [-0.2, -0.15) is 13.2 Å². The molecule has 3 aromatic rings. The largest absolute Gasteiger partial charge is 0.417 e. The number of benzene rings is 3. The summed E-state index contributed by atoms with van der Waals surface area (Å²) in [4.78, 5) is 28.9. The van der Waals surface area contributed by atoms with Gasteiger partial charge in [-0.05, 0) is 42.7 Å². The highest BCUT2D eigenvalue weighted by atomic mass is 35.5. The van der Waals surface area contributed by atoms with E-state index in [4.69, 9.17) is 11.6 Å². The van der Waals surface area contributed by atoms with Crippen LogP contribution in [0.1, 0.15) is 37.0 Å². The van der Waals surface area contributed by atoms with E-state index in [-0.39, 0.29) is 24.7 Å². The number of halogens is 4. The molecular weight excluding hydrogens is 591 g/mol. The summed E-state index contributed by atoms with van der Waals surface area (Å²) in [6.45, 7) is 2.84. The number of carbonyl (C=O) groups excluding carboxylic acids is 2. The van der Waals surface area contributed by atoms with Gasteiger partial charge in [-0.15, -0.1) is 0 Å². The lowest BCUT2D eigenvalue weighted by molar-refractivity contribution is -0.140. The van der Waals surface area contributed by atoms with E-state index in [9.17, 15) is 31.2 Å². The molecule has 0 aliphatic rings. The molecule has 0 saturated heterocycles. The first-order valence-electron chi connectivity index (χ1n) is 13.2. The van der Waals surface area contributed by atoms with Crippen LogP contribution in [-0.2, 0) is 38.8 Å². The normalized spacial score (nSPS) is 13.2. The topological polar surface area (TPSA) is 86.8 Å². The summed E-state index contributed by atoms with van der Waals surface area (Å²) < 4.78 is 67.0. The smallest absolute Gasteiger partial charge is 0.352 e. The number of nitrogens with zero attached hydrogens (tertiary/aromatic N) is 2. The molecule has 3 rings (SSSR count). The van der Waals surface area contributed by atoms with Crippen LogP contribution in [0.3, 0.4) is 0 Å². The Kier molecular flexibility index (Phi) is 11.0. The molecule has 7 nitrogen and oxygen atoms in total. The van der Waals surface area contributed by atoms with E-state index >= 15 is 0 Å². The first-order valence-corrected chi connectivity index (χ1v) is 15.5. The Hall–Kier alpha value is -3.57. The third kappa shape index (κ3) is 8.96. The molecule has 0 radical (unpaired) electrons. The zero-order valence-electron chi connectivity index (χ0n) is 23.4. The van der Waals surface area contributed by atoms with Crippen LogP contribution in [0.25, 0.3) is 0 Å². The average Bonchev–Trinajstić information content (AvgIpc) is 2.93. The molecule has 0 saturated carbocycles. The molecule has 0 heterocycles. The van der Waals surface area contributed by atoms with Gasteiger partial charge in [0.1, 0.15) is 12.6 Å². The van der Waals surface area contributed by atoms with Crippen molar-refractivity contribution in [2.24, 2.45) is 0 Å². The molecule has 2 atom stereocenters. The summed E-state index contributed by atoms with van der Waals surface area (Å²) in [5, 5.41) is 2.30. The standard InChI is InChI=1S/C30H33ClF3N3O4S/c1-4-21(2)35-29(39)27(17-22-11-7-5-8-12-22)36(19-23-13-9-6-10-14-23)28(38)20-37(42(3,40)41)24-15-16-26(31)25(18-24)30(32,33)34/h5-16,18,21,27H,4,17,19-20H2,1-3H3,(H,35,39)/t21-,27+/m0/s1. The van der Waals surface area contributed by atoms with E-state index in [1.54, 1.807) is 42.5 Å². The van der Waals surface area contributed by atoms with Gasteiger partial charge in [-0.1, -0.05) is 79.2 Å². The molecule has 0 aliphatic heterocycles. The highest BCUT2D eigenvalue weighted by Gasteiger charge is 2.36. The minimum absolute atomic E-state index is 0.0445. The lowest BCUT2D eigenvalue weighted by atomic mass is 10.0. The minimum atomic E-state index is -4.85. The Morgan fingerprint density at radius 2 is 1.52 bits per heavy atom. The summed E-state index contributed by atoms with van der Waals surface area (Å²) in [5.74, 6) is -1.21. The second-order valence-electron chi connectivity index (χ2n) is 9.96. The van der Waals surface area contributed by atoms with Gasteiger partial charge in [0.15, 0.2) is 0 Å². The minimum Gasteiger partial charge on any atom is -0.352 e. The lowest BCUT2D eigenvalue weighted by Gasteiger charge is -2.34. The van der Waals surface area contributed by atoms with Crippen molar-refractivity contribution in [3.05, 3.63) is 101 Å². The fourth-order valence-corrected chi connectivity index (χ4v) is 5.34. The molecule has 0 spiro atoms. The molecule has 42 heavy (non-hydrogen) atoms. The summed E-state index contributed by atoms with van der Waals surface area (Å²) >= 11 is 5.75. The third-order valence-corrected chi connectivity index (χ3v) is 8.16.